The number of terminal acetylenes is 1. The lowest BCUT2D eigenvalue weighted by Gasteiger charge is -2.18. The second-order valence-corrected chi connectivity index (χ2v) is 5.73. The Balaban J connectivity index is 0.00000256. The fraction of sp³-hybridized carbons (Fsp3) is 0.714. The molecule has 0 amide bonds. The summed E-state index contributed by atoms with van der Waals surface area (Å²) in [5.74, 6) is 1.66. The van der Waals surface area contributed by atoms with Crippen LogP contribution in [0.5, 0.6) is 0 Å². The van der Waals surface area contributed by atoms with E-state index >= 15 is 0 Å². The monoisotopic (exact) mass is 256 g/mol. The van der Waals surface area contributed by atoms with Crippen LogP contribution in [0.1, 0.15) is 47.5 Å². The summed E-state index contributed by atoms with van der Waals surface area (Å²) in [5, 5.41) is -0.579. The van der Waals surface area contributed by atoms with E-state index in [0.717, 1.165) is 6.42 Å². The van der Waals surface area contributed by atoms with E-state index in [-0.39, 0.29) is 18.6 Å². The number of carbonyl (C=O) groups is 2. The molecular weight excluding hydrogens is 236 g/mol. The van der Waals surface area contributed by atoms with Gasteiger partial charge in [-0.2, -0.15) is 0 Å². The Kier molecular flexibility index (Phi) is 4.98. The highest BCUT2D eigenvalue weighted by Crippen LogP contribution is 2.64. The quantitative estimate of drug-likeness (QED) is 0.429. The van der Waals surface area contributed by atoms with E-state index in [4.69, 9.17) is 18.0 Å². The van der Waals surface area contributed by atoms with Gasteiger partial charge in [-0.15, -0.1) is 12.3 Å². The molecule has 1 aliphatic rings. The maximum absolute atomic E-state index is 12.2. The third kappa shape index (κ3) is 2.90. The molecule has 3 heteroatoms. The van der Waals surface area contributed by atoms with E-state index in [1.54, 1.807) is 0 Å². The summed E-state index contributed by atoms with van der Waals surface area (Å²) in [4.78, 5) is 23.5. The van der Waals surface area contributed by atoms with Gasteiger partial charge in [0.25, 0.3) is 0 Å². The number of hydrogen-bond donors (Lipinski definition) is 0. The Hall–Kier alpha value is -0.810. The van der Waals surface area contributed by atoms with Crippen LogP contribution in [0.4, 0.5) is 0 Å². The van der Waals surface area contributed by atoms with Gasteiger partial charge in [0.1, 0.15) is 0 Å². The van der Waals surface area contributed by atoms with Gasteiger partial charge in [-0.3, -0.25) is 9.59 Å². The molecule has 0 aromatic carbocycles. The number of hydrogen-bond acceptors (Lipinski definition) is 2. The van der Waals surface area contributed by atoms with Crippen molar-refractivity contribution in [1.29, 1.82) is 0 Å². The van der Waals surface area contributed by atoms with E-state index < -0.39 is 16.6 Å². The molecule has 0 N–H and O–H groups in total. The van der Waals surface area contributed by atoms with Crippen molar-refractivity contribution in [3.8, 4) is 12.3 Å². The minimum atomic E-state index is -0.732. The highest BCUT2D eigenvalue weighted by molar-refractivity contribution is 6.65. The molecule has 0 aromatic heterocycles. The van der Waals surface area contributed by atoms with Crippen LogP contribution in [0.15, 0.2) is 0 Å². The lowest BCUT2D eigenvalue weighted by molar-refractivity contribution is -0.133. The van der Waals surface area contributed by atoms with Crippen molar-refractivity contribution in [3.05, 3.63) is 0 Å². The van der Waals surface area contributed by atoms with Crippen molar-refractivity contribution in [1.82, 2.24) is 0 Å². The summed E-state index contributed by atoms with van der Waals surface area (Å²) < 4.78 is 0. The maximum atomic E-state index is 12.2. The van der Waals surface area contributed by atoms with Crippen molar-refractivity contribution >= 4 is 22.6 Å². The van der Waals surface area contributed by atoms with E-state index in [2.05, 4.69) is 5.92 Å². The Morgan fingerprint density at radius 2 is 1.88 bits per heavy atom. The van der Waals surface area contributed by atoms with Gasteiger partial charge in [-0.25, -0.2) is 0 Å². The van der Waals surface area contributed by atoms with E-state index in [9.17, 15) is 9.59 Å². The smallest absolute Gasteiger partial charge is 0.232 e. The Bertz CT molecular complexity index is 365. The summed E-state index contributed by atoms with van der Waals surface area (Å²) in [6.45, 7) is 5.96. The molecule has 1 saturated carbocycles. The average Bonchev–Trinajstić information content (AvgIpc) is 2.67. The number of ketones is 1. The van der Waals surface area contributed by atoms with Crippen LogP contribution in [-0.4, -0.2) is 11.0 Å². The first kappa shape index (κ1) is 16.2. The predicted octanol–water partition coefficient (Wildman–Crippen LogP) is 3.42. The number of carbonyl (C=O) groups excluding carboxylic acids is 2. The first-order valence-corrected chi connectivity index (χ1v) is 5.81. The standard InChI is InChI=1S/C13H17ClO2.CH4/c1-5-6-7-9(11(14)16)10(15)13(4)8-12(13,2)3;/h1,9H,6-8H2,2-4H3;1H4/t9?,13-;/m0./s1. The van der Waals surface area contributed by atoms with Gasteiger partial charge in [-0.05, 0) is 29.9 Å². The summed E-state index contributed by atoms with van der Waals surface area (Å²) in [5.41, 5.74) is -0.429. The maximum Gasteiger partial charge on any atom is 0.232 e. The molecule has 1 aliphatic carbocycles. The first-order valence-electron chi connectivity index (χ1n) is 5.43. The van der Waals surface area contributed by atoms with Gasteiger partial charge < -0.3 is 0 Å². The molecule has 0 heterocycles. The van der Waals surface area contributed by atoms with Gasteiger partial charge in [-0.1, -0.05) is 28.2 Å². The molecular formula is C14H21ClO2. The van der Waals surface area contributed by atoms with E-state index in [1.165, 1.54) is 0 Å². The summed E-state index contributed by atoms with van der Waals surface area (Å²) in [6, 6.07) is 0. The summed E-state index contributed by atoms with van der Waals surface area (Å²) in [6.07, 6.45) is 6.73. The minimum absolute atomic E-state index is 0. The Morgan fingerprint density at radius 3 is 2.18 bits per heavy atom. The second kappa shape index (κ2) is 5.23. The third-order valence-corrected chi connectivity index (χ3v) is 4.14. The molecule has 0 radical (unpaired) electrons. The SMILES string of the molecule is C.C#CCCC(C(=O)Cl)C(=O)[C@]1(C)CC1(C)C. The highest BCUT2D eigenvalue weighted by atomic mass is 35.5. The average molecular weight is 257 g/mol. The molecule has 17 heavy (non-hydrogen) atoms. The van der Waals surface area contributed by atoms with Gasteiger partial charge in [0.05, 0.1) is 5.92 Å². The van der Waals surface area contributed by atoms with Crippen molar-refractivity contribution < 1.29 is 9.59 Å². The molecule has 0 bridgehead atoms. The molecule has 2 nitrogen and oxygen atoms in total. The molecule has 1 unspecified atom stereocenters. The lowest BCUT2D eigenvalue weighted by Crippen LogP contribution is -2.30. The van der Waals surface area contributed by atoms with Crippen molar-refractivity contribution in [2.24, 2.45) is 16.7 Å². The zero-order valence-electron chi connectivity index (χ0n) is 9.97. The van der Waals surface area contributed by atoms with Gasteiger partial charge >= 0.3 is 0 Å². The number of Topliss-reactive ketones (excluding diaryl/α,β-unsaturated/α-hetero) is 1. The highest BCUT2D eigenvalue weighted by Gasteiger charge is 2.63. The fourth-order valence-electron chi connectivity index (χ4n) is 2.22. The zero-order valence-corrected chi connectivity index (χ0v) is 10.7. The molecule has 96 valence electrons. The fourth-order valence-corrected chi connectivity index (χ4v) is 2.43. The molecule has 0 aromatic rings. The van der Waals surface area contributed by atoms with Crippen molar-refractivity contribution in [3.63, 3.8) is 0 Å². The lowest BCUT2D eigenvalue weighted by atomic mass is 9.84. The Morgan fingerprint density at radius 1 is 1.41 bits per heavy atom. The van der Waals surface area contributed by atoms with Crippen LogP contribution in [-0.2, 0) is 9.59 Å². The molecule has 0 aliphatic heterocycles. The van der Waals surface area contributed by atoms with Crippen LogP contribution in [0, 0.1) is 29.1 Å². The molecule has 1 rings (SSSR count). The van der Waals surface area contributed by atoms with Crippen molar-refractivity contribution in [2.45, 2.75) is 47.5 Å². The normalized spacial score (nSPS) is 26.3. The third-order valence-electron chi connectivity index (χ3n) is 3.88. The summed E-state index contributed by atoms with van der Waals surface area (Å²) in [7, 11) is 0. The van der Waals surface area contributed by atoms with Gasteiger partial charge in [0.15, 0.2) is 5.78 Å². The second-order valence-electron chi connectivity index (χ2n) is 5.36. The first-order chi connectivity index (χ1) is 7.26. The molecule has 0 spiro atoms. The van der Waals surface area contributed by atoms with Crippen LogP contribution in [0.2, 0.25) is 0 Å². The van der Waals surface area contributed by atoms with Gasteiger partial charge in [0, 0.05) is 11.8 Å². The topological polar surface area (TPSA) is 34.1 Å². The van der Waals surface area contributed by atoms with E-state index in [1.807, 2.05) is 20.8 Å². The van der Waals surface area contributed by atoms with Crippen LogP contribution < -0.4 is 0 Å². The summed E-state index contributed by atoms with van der Waals surface area (Å²) >= 11 is 5.47. The largest absolute Gasteiger partial charge is 0.298 e. The molecule has 0 saturated heterocycles. The van der Waals surface area contributed by atoms with Crippen LogP contribution in [0.25, 0.3) is 0 Å². The minimum Gasteiger partial charge on any atom is -0.298 e. The zero-order chi connectivity index (χ0) is 12.6. The molecule has 2 atom stereocenters. The van der Waals surface area contributed by atoms with Gasteiger partial charge in [0.2, 0.25) is 5.24 Å². The number of halogens is 1. The van der Waals surface area contributed by atoms with Crippen molar-refractivity contribution in [2.75, 3.05) is 0 Å². The number of rotatable bonds is 5. The molecule has 1 fully saturated rings. The Labute approximate surface area is 109 Å². The van der Waals surface area contributed by atoms with Crippen LogP contribution in [0.3, 0.4) is 0 Å². The van der Waals surface area contributed by atoms with Crippen LogP contribution >= 0.6 is 11.6 Å². The van der Waals surface area contributed by atoms with E-state index in [0.29, 0.717) is 12.8 Å². The predicted molar refractivity (Wildman–Crippen MR) is 70.7 cm³/mol.